The summed E-state index contributed by atoms with van der Waals surface area (Å²) in [7, 11) is 0. The van der Waals surface area contributed by atoms with Crippen molar-refractivity contribution >= 4 is 29.2 Å². The van der Waals surface area contributed by atoms with Crippen LogP contribution in [0.3, 0.4) is 0 Å². The Bertz CT molecular complexity index is 763. The Kier molecular flexibility index (Phi) is 6.04. The first kappa shape index (κ1) is 18.8. The zero-order valence-electron chi connectivity index (χ0n) is 14.1. The average Bonchev–Trinajstić information content (AvgIpc) is 2.58. The Labute approximate surface area is 151 Å². The van der Waals surface area contributed by atoms with E-state index in [1.54, 1.807) is 48.5 Å². The van der Waals surface area contributed by atoms with Crippen LogP contribution in [0.5, 0.6) is 5.75 Å². The van der Waals surface area contributed by atoms with Gasteiger partial charge in [-0.3, -0.25) is 9.59 Å². The molecule has 0 saturated carbocycles. The molecule has 6 heteroatoms. The number of carbonyl (C=O) groups is 2. The molecule has 0 aliphatic carbocycles. The van der Waals surface area contributed by atoms with Gasteiger partial charge in [0, 0.05) is 11.4 Å². The Morgan fingerprint density at radius 1 is 1.20 bits per heavy atom. The van der Waals surface area contributed by atoms with Crippen molar-refractivity contribution in [2.45, 2.75) is 25.7 Å². The van der Waals surface area contributed by atoms with Crippen molar-refractivity contribution in [2.75, 3.05) is 11.9 Å². The Morgan fingerprint density at radius 2 is 1.88 bits per heavy atom. The first-order chi connectivity index (χ1) is 11.9. The highest BCUT2D eigenvalue weighted by Gasteiger charge is 2.37. The third-order valence-corrected chi connectivity index (χ3v) is 4.15. The summed E-state index contributed by atoms with van der Waals surface area (Å²) in [4.78, 5) is 24.3. The van der Waals surface area contributed by atoms with Gasteiger partial charge in [0.15, 0.2) is 0 Å². The van der Waals surface area contributed by atoms with Crippen molar-refractivity contribution in [1.29, 1.82) is 0 Å². The van der Waals surface area contributed by atoms with Crippen LogP contribution in [0.4, 0.5) is 5.69 Å². The fourth-order valence-electron chi connectivity index (χ4n) is 2.50. The number of hydrogen-bond donors (Lipinski definition) is 2. The number of anilines is 1. The molecule has 0 fully saturated rings. The molecule has 0 saturated heterocycles. The quantitative estimate of drug-likeness (QED) is 0.778. The minimum Gasteiger partial charge on any atom is -0.492 e. The van der Waals surface area contributed by atoms with E-state index in [4.69, 9.17) is 16.3 Å². The lowest BCUT2D eigenvalue weighted by Crippen LogP contribution is -2.36. The second-order valence-electron chi connectivity index (χ2n) is 5.80. The molecule has 0 aliphatic heterocycles. The van der Waals surface area contributed by atoms with Crippen molar-refractivity contribution in [3.63, 3.8) is 0 Å². The van der Waals surface area contributed by atoms with Gasteiger partial charge in [0.05, 0.1) is 17.7 Å². The maximum absolute atomic E-state index is 12.5. The van der Waals surface area contributed by atoms with E-state index in [1.165, 1.54) is 6.92 Å². The van der Waals surface area contributed by atoms with Crippen molar-refractivity contribution in [2.24, 2.45) is 0 Å². The van der Waals surface area contributed by atoms with Gasteiger partial charge in [0.2, 0.25) is 5.91 Å². The van der Waals surface area contributed by atoms with Gasteiger partial charge in [0.25, 0.3) is 0 Å². The Balaban J connectivity index is 2.23. The second kappa shape index (κ2) is 8.03. The summed E-state index contributed by atoms with van der Waals surface area (Å²) in [5, 5.41) is 12.8. The van der Waals surface area contributed by atoms with Gasteiger partial charge in [-0.05, 0) is 37.6 Å². The molecule has 25 heavy (non-hydrogen) atoms. The van der Waals surface area contributed by atoms with Crippen LogP contribution < -0.4 is 10.1 Å². The zero-order valence-corrected chi connectivity index (χ0v) is 14.8. The average molecular weight is 362 g/mol. The van der Waals surface area contributed by atoms with Crippen LogP contribution in [0.25, 0.3) is 0 Å². The summed E-state index contributed by atoms with van der Waals surface area (Å²) in [6.45, 7) is 3.80. The van der Waals surface area contributed by atoms with Crippen LogP contribution in [-0.2, 0) is 15.0 Å². The second-order valence-corrected chi connectivity index (χ2v) is 6.24. The Morgan fingerprint density at radius 3 is 2.48 bits per heavy atom. The summed E-state index contributed by atoms with van der Waals surface area (Å²) >= 11 is 5.98. The molecule has 5 nitrogen and oxygen atoms in total. The monoisotopic (exact) mass is 361 g/mol. The summed E-state index contributed by atoms with van der Waals surface area (Å²) < 4.78 is 5.47. The molecule has 0 aromatic heterocycles. The molecule has 0 bridgehead atoms. The summed E-state index contributed by atoms with van der Waals surface area (Å²) in [6, 6.07) is 13.6. The highest BCUT2D eigenvalue weighted by molar-refractivity contribution is 6.31. The third kappa shape index (κ3) is 4.51. The maximum atomic E-state index is 12.5. The number of benzene rings is 2. The number of nitrogens with one attached hydrogen (secondary N) is 1. The number of ether oxygens (including phenoxy) is 1. The zero-order chi connectivity index (χ0) is 18.4. The number of rotatable bonds is 7. The largest absolute Gasteiger partial charge is 0.492 e. The molecule has 0 spiro atoms. The van der Waals surface area contributed by atoms with E-state index in [0.717, 1.165) is 0 Å². The van der Waals surface area contributed by atoms with Gasteiger partial charge in [-0.2, -0.15) is 0 Å². The van der Waals surface area contributed by atoms with Crippen molar-refractivity contribution in [3.8, 4) is 5.75 Å². The third-order valence-electron chi connectivity index (χ3n) is 3.91. The normalized spacial score (nSPS) is 12.9. The van der Waals surface area contributed by atoms with Gasteiger partial charge in [-0.15, -0.1) is 0 Å². The highest BCUT2D eigenvalue weighted by atomic mass is 35.5. The van der Waals surface area contributed by atoms with E-state index in [9.17, 15) is 14.7 Å². The topological polar surface area (TPSA) is 75.6 Å². The number of halogens is 1. The molecule has 1 amide bonds. The predicted molar refractivity (Wildman–Crippen MR) is 97.3 cm³/mol. The smallest absolute Gasteiger partial charge is 0.314 e. The van der Waals surface area contributed by atoms with Crippen LogP contribution in [0.15, 0.2) is 48.5 Å². The van der Waals surface area contributed by atoms with Crippen molar-refractivity contribution in [3.05, 3.63) is 59.1 Å². The number of amides is 1. The number of hydrogen-bond acceptors (Lipinski definition) is 3. The molecule has 132 valence electrons. The number of carboxylic acid groups (broad SMARTS) is 1. The van der Waals surface area contributed by atoms with Crippen LogP contribution >= 0.6 is 11.6 Å². The minimum absolute atomic E-state index is 0.218. The lowest BCUT2D eigenvalue weighted by Gasteiger charge is -2.25. The lowest BCUT2D eigenvalue weighted by molar-refractivity contribution is -0.145. The first-order valence-corrected chi connectivity index (χ1v) is 8.25. The molecule has 1 atom stereocenters. The number of carbonyl (C=O) groups excluding carboxylic acids is 1. The molecule has 2 aromatic carbocycles. The molecule has 0 aliphatic rings. The van der Waals surface area contributed by atoms with Gasteiger partial charge in [0.1, 0.15) is 5.75 Å². The van der Waals surface area contributed by atoms with E-state index in [0.29, 0.717) is 28.6 Å². The van der Waals surface area contributed by atoms with E-state index < -0.39 is 17.3 Å². The van der Waals surface area contributed by atoms with Crippen LogP contribution in [0.2, 0.25) is 5.02 Å². The van der Waals surface area contributed by atoms with E-state index in [2.05, 4.69) is 5.32 Å². The van der Waals surface area contributed by atoms with Crippen molar-refractivity contribution < 1.29 is 19.4 Å². The van der Waals surface area contributed by atoms with Crippen LogP contribution in [-0.4, -0.2) is 23.6 Å². The molecule has 2 N–H and O–H groups in total. The Hall–Kier alpha value is -2.53. The highest BCUT2D eigenvalue weighted by Crippen LogP contribution is 2.31. The minimum atomic E-state index is -1.34. The van der Waals surface area contributed by atoms with Gasteiger partial charge in [-0.25, -0.2) is 0 Å². The van der Waals surface area contributed by atoms with Crippen LogP contribution in [0.1, 0.15) is 25.8 Å². The number of aliphatic carboxylic acids is 1. The lowest BCUT2D eigenvalue weighted by atomic mass is 9.79. The molecule has 2 rings (SSSR count). The van der Waals surface area contributed by atoms with Gasteiger partial charge < -0.3 is 15.2 Å². The predicted octanol–water partition coefficient (Wildman–Crippen LogP) is 4.11. The molecular formula is C19H20ClNO4. The fraction of sp³-hybridized carbons (Fsp3) is 0.263. The van der Waals surface area contributed by atoms with E-state index in [-0.39, 0.29) is 6.42 Å². The van der Waals surface area contributed by atoms with E-state index in [1.807, 2.05) is 6.92 Å². The SMILES string of the molecule is CCOc1ccc(Cl)cc1NC(=O)C[C@@](C)(C(=O)O)c1ccccc1. The standard InChI is InChI=1S/C19H20ClNO4/c1-3-25-16-10-9-14(20)11-15(16)21-17(22)12-19(2,18(23)24)13-7-5-4-6-8-13/h4-11H,3,12H2,1-2H3,(H,21,22)(H,23,24)/t19-/m1/s1. The first-order valence-electron chi connectivity index (χ1n) is 7.88. The summed E-state index contributed by atoms with van der Waals surface area (Å²) in [6.07, 6.45) is -0.218. The fourth-order valence-corrected chi connectivity index (χ4v) is 2.68. The van der Waals surface area contributed by atoms with Gasteiger partial charge in [-0.1, -0.05) is 41.9 Å². The van der Waals surface area contributed by atoms with Gasteiger partial charge >= 0.3 is 5.97 Å². The molecule has 2 aromatic rings. The van der Waals surface area contributed by atoms with Crippen LogP contribution in [0, 0.1) is 0 Å². The van der Waals surface area contributed by atoms with E-state index >= 15 is 0 Å². The summed E-state index contributed by atoms with van der Waals surface area (Å²) in [5.74, 6) is -1.01. The maximum Gasteiger partial charge on any atom is 0.314 e. The van der Waals surface area contributed by atoms with Crippen molar-refractivity contribution in [1.82, 2.24) is 0 Å². The molecule has 0 heterocycles. The molecule has 0 unspecified atom stereocenters. The molecular weight excluding hydrogens is 342 g/mol. The number of carboxylic acids is 1. The summed E-state index contributed by atoms with van der Waals surface area (Å²) in [5.41, 5.74) is -0.357. The molecule has 0 radical (unpaired) electrons.